The topological polar surface area (TPSA) is 52.6 Å². The quantitative estimate of drug-likeness (QED) is 0.807. The van der Waals surface area contributed by atoms with Gasteiger partial charge in [-0.2, -0.15) is 0 Å². The Hall–Kier alpha value is -1.55. The zero-order chi connectivity index (χ0) is 16.9. The lowest BCUT2D eigenvalue weighted by Gasteiger charge is -2.30. The fourth-order valence-corrected chi connectivity index (χ4v) is 3.68. The van der Waals surface area contributed by atoms with Crippen LogP contribution in [0.15, 0.2) is 24.3 Å². The molecule has 1 aliphatic heterocycles. The van der Waals surface area contributed by atoms with Gasteiger partial charge in [0.2, 0.25) is 5.91 Å². The molecule has 1 saturated carbocycles. The Morgan fingerprint density at radius 2 is 2.21 bits per heavy atom. The monoisotopic (exact) mass is 330 g/mol. The van der Waals surface area contributed by atoms with E-state index in [1.165, 1.54) is 25.7 Å². The Bertz CT molecular complexity index is 550. The number of benzene rings is 1. The van der Waals surface area contributed by atoms with Crippen molar-refractivity contribution in [1.29, 1.82) is 0 Å². The number of carbonyl (C=O) groups excluding carboxylic acids is 1. The van der Waals surface area contributed by atoms with Crippen LogP contribution in [-0.2, 0) is 11.3 Å². The first-order valence-electron chi connectivity index (χ1n) is 9.38. The number of rotatable bonds is 7. The molecule has 1 heterocycles. The van der Waals surface area contributed by atoms with E-state index in [0.717, 1.165) is 25.2 Å². The SMILES string of the molecule is CC(CC(=O)N(Cc1cccc(O)c1)CC1CC1)C1CCCNC1. The molecule has 0 bridgehead atoms. The van der Waals surface area contributed by atoms with E-state index in [4.69, 9.17) is 0 Å². The predicted molar refractivity (Wildman–Crippen MR) is 95.6 cm³/mol. The highest BCUT2D eigenvalue weighted by Gasteiger charge is 2.29. The van der Waals surface area contributed by atoms with Crippen LogP contribution < -0.4 is 5.32 Å². The maximum absolute atomic E-state index is 12.9. The van der Waals surface area contributed by atoms with Gasteiger partial charge in [0.1, 0.15) is 5.75 Å². The van der Waals surface area contributed by atoms with Crippen LogP contribution in [0.2, 0.25) is 0 Å². The van der Waals surface area contributed by atoms with Gasteiger partial charge in [-0.25, -0.2) is 0 Å². The van der Waals surface area contributed by atoms with Crippen LogP contribution in [0.1, 0.15) is 44.6 Å². The molecule has 1 amide bonds. The van der Waals surface area contributed by atoms with Gasteiger partial charge < -0.3 is 15.3 Å². The van der Waals surface area contributed by atoms with E-state index >= 15 is 0 Å². The molecule has 2 N–H and O–H groups in total. The zero-order valence-corrected chi connectivity index (χ0v) is 14.7. The van der Waals surface area contributed by atoms with E-state index in [9.17, 15) is 9.90 Å². The second-order valence-electron chi connectivity index (χ2n) is 7.68. The van der Waals surface area contributed by atoms with Gasteiger partial charge >= 0.3 is 0 Å². The number of hydrogen-bond acceptors (Lipinski definition) is 3. The van der Waals surface area contributed by atoms with Crippen molar-refractivity contribution in [3.05, 3.63) is 29.8 Å². The Morgan fingerprint density at radius 3 is 2.88 bits per heavy atom. The summed E-state index contributed by atoms with van der Waals surface area (Å²) in [5.41, 5.74) is 1.01. The highest BCUT2D eigenvalue weighted by atomic mass is 16.3. The number of phenols is 1. The number of hydrogen-bond donors (Lipinski definition) is 2. The first-order valence-corrected chi connectivity index (χ1v) is 9.38. The molecule has 24 heavy (non-hydrogen) atoms. The number of carbonyl (C=O) groups is 1. The van der Waals surface area contributed by atoms with Crippen LogP contribution in [-0.4, -0.2) is 35.5 Å². The molecule has 0 aromatic heterocycles. The second kappa shape index (κ2) is 8.02. The second-order valence-corrected chi connectivity index (χ2v) is 7.68. The molecule has 132 valence electrons. The maximum Gasteiger partial charge on any atom is 0.223 e. The first-order chi connectivity index (χ1) is 11.6. The summed E-state index contributed by atoms with van der Waals surface area (Å²) in [5, 5.41) is 13.1. The van der Waals surface area contributed by atoms with Crippen molar-refractivity contribution in [2.45, 2.75) is 45.6 Å². The Morgan fingerprint density at radius 1 is 1.38 bits per heavy atom. The highest BCUT2D eigenvalue weighted by molar-refractivity contribution is 5.76. The van der Waals surface area contributed by atoms with Crippen molar-refractivity contribution >= 4 is 5.91 Å². The number of nitrogens with one attached hydrogen (secondary N) is 1. The van der Waals surface area contributed by atoms with E-state index < -0.39 is 0 Å². The van der Waals surface area contributed by atoms with Gasteiger partial charge in [0.15, 0.2) is 0 Å². The molecule has 0 spiro atoms. The molecule has 2 aliphatic rings. The highest BCUT2D eigenvalue weighted by Crippen LogP contribution is 2.31. The van der Waals surface area contributed by atoms with E-state index in [-0.39, 0.29) is 11.7 Å². The Kier molecular flexibility index (Phi) is 5.77. The van der Waals surface area contributed by atoms with E-state index in [1.807, 2.05) is 17.0 Å². The third-order valence-electron chi connectivity index (χ3n) is 5.45. The summed E-state index contributed by atoms with van der Waals surface area (Å²) in [6.07, 6.45) is 5.57. The third-order valence-corrected chi connectivity index (χ3v) is 5.45. The van der Waals surface area contributed by atoms with Crippen LogP contribution in [0.25, 0.3) is 0 Å². The molecule has 0 radical (unpaired) electrons. The fraction of sp³-hybridized carbons (Fsp3) is 0.650. The molecule has 1 aliphatic carbocycles. The molecule has 4 nitrogen and oxygen atoms in total. The van der Waals surface area contributed by atoms with Crippen LogP contribution in [0, 0.1) is 17.8 Å². The molecule has 3 rings (SSSR count). The summed E-state index contributed by atoms with van der Waals surface area (Å²) < 4.78 is 0. The number of amides is 1. The number of aromatic hydroxyl groups is 1. The zero-order valence-electron chi connectivity index (χ0n) is 14.7. The first kappa shape index (κ1) is 17.3. The average molecular weight is 330 g/mol. The normalized spacial score (nSPS) is 22.1. The molecule has 2 atom stereocenters. The predicted octanol–water partition coefficient (Wildman–Crippen LogP) is 3.16. The van der Waals surface area contributed by atoms with Gasteiger partial charge in [0.25, 0.3) is 0 Å². The van der Waals surface area contributed by atoms with E-state index in [1.54, 1.807) is 12.1 Å². The number of nitrogens with zero attached hydrogens (tertiary/aromatic N) is 1. The van der Waals surface area contributed by atoms with Crippen molar-refractivity contribution in [3.8, 4) is 5.75 Å². The van der Waals surface area contributed by atoms with Crippen molar-refractivity contribution in [3.63, 3.8) is 0 Å². The minimum Gasteiger partial charge on any atom is -0.508 e. The van der Waals surface area contributed by atoms with Gasteiger partial charge in [0, 0.05) is 19.5 Å². The van der Waals surface area contributed by atoms with Crippen LogP contribution in [0.4, 0.5) is 0 Å². The largest absolute Gasteiger partial charge is 0.508 e. The summed E-state index contributed by atoms with van der Waals surface area (Å²) >= 11 is 0. The lowest BCUT2D eigenvalue weighted by atomic mass is 9.85. The standard InChI is InChI=1S/C20H30N2O2/c1-15(18-5-3-9-21-12-18)10-20(24)22(13-16-7-8-16)14-17-4-2-6-19(23)11-17/h2,4,6,11,15-16,18,21,23H,3,5,7-10,12-14H2,1H3. The molecule has 1 aromatic rings. The minimum absolute atomic E-state index is 0.267. The van der Waals surface area contributed by atoms with Crippen molar-refractivity contribution in [2.24, 2.45) is 17.8 Å². The molecule has 2 unspecified atom stereocenters. The van der Waals surface area contributed by atoms with Crippen LogP contribution >= 0.6 is 0 Å². The molecule has 1 saturated heterocycles. The average Bonchev–Trinajstić information content (AvgIpc) is 3.39. The van der Waals surface area contributed by atoms with Crippen molar-refractivity contribution in [2.75, 3.05) is 19.6 Å². The molecule has 1 aromatic carbocycles. The Balaban J connectivity index is 1.60. The van der Waals surface area contributed by atoms with Gasteiger partial charge in [0.05, 0.1) is 0 Å². The Labute approximate surface area is 145 Å². The van der Waals surface area contributed by atoms with Gasteiger partial charge in [-0.3, -0.25) is 4.79 Å². The number of phenolic OH excluding ortho intramolecular Hbond substituents is 1. The van der Waals surface area contributed by atoms with Gasteiger partial charge in [-0.1, -0.05) is 19.1 Å². The molecule has 4 heteroatoms. The van der Waals surface area contributed by atoms with E-state index in [0.29, 0.717) is 30.7 Å². The summed E-state index contributed by atoms with van der Waals surface area (Å²) in [7, 11) is 0. The fourth-order valence-electron chi connectivity index (χ4n) is 3.68. The summed E-state index contributed by atoms with van der Waals surface area (Å²) in [6.45, 7) is 5.86. The lowest BCUT2D eigenvalue weighted by molar-refractivity contribution is -0.133. The van der Waals surface area contributed by atoms with Crippen molar-refractivity contribution in [1.82, 2.24) is 10.2 Å². The summed E-state index contributed by atoms with van der Waals surface area (Å²) in [5.74, 6) is 2.26. The summed E-state index contributed by atoms with van der Waals surface area (Å²) in [4.78, 5) is 14.9. The van der Waals surface area contributed by atoms with Gasteiger partial charge in [-0.05, 0) is 74.2 Å². The van der Waals surface area contributed by atoms with Crippen LogP contribution in [0.5, 0.6) is 5.75 Å². The molecular weight excluding hydrogens is 300 g/mol. The van der Waals surface area contributed by atoms with Gasteiger partial charge in [-0.15, -0.1) is 0 Å². The molecular formula is C20H30N2O2. The van der Waals surface area contributed by atoms with Crippen LogP contribution in [0.3, 0.4) is 0 Å². The summed E-state index contributed by atoms with van der Waals surface area (Å²) in [6, 6.07) is 7.28. The minimum atomic E-state index is 0.267. The number of piperidine rings is 1. The lowest BCUT2D eigenvalue weighted by Crippen LogP contribution is -2.37. The van der Waals surface area contributed by atoms with E-state index in [2.05, 4.69) is 12.2 Å². The smallest absolute Gasteiger partial charge is 0.223 e. The third kappa shape index (κ3) is 4.97. The maximum atomic E-state index is 12.9. The van der Waals surface area contributed by atoms with Crippen molar-refractivity contribution < 1.29 is 9.90 Å². The molecule has 2 fully saturated rings.